The lowest BCUT2D eigenvalue weighted by Crippen LogP contribution is -2.37. The van der Waals surface area contributed by atoms with Crippen molar-refractivity contribution in [2.24, 2.45) is 12.5 Å². The molecule has 0 spiro atoms. The van der Waals surface area contributed by atoms with E-state index in [2.05, 4.69) is 21.8 Å². The van der Waals surface area contributed by atoms with Crippen LogP contribution in [0.4, 0.5) is 0 Å². The Morgan fingerprint density at radius 3 is 2.86 bits per heavy atom. The molecule has 0 aliphatic heterocycles. The Balaban J connectivity index is 1.75. The molecule has 14 heavy (non-hydrogen) atoms. The molecule has 3 heteroatoms. The quantitative estimate of drug-likeness (QED) is 0.788. The molecule has 0 bridgehead atoms. The van der Waals surface area contributed by atoms with Gasteiger partial charge < -0.3 is 9.88 Å². The van der Waals surface area contributed by atoms with Crippen molar-refractivity contribution in [2.45, 2.75) is 32.7 Å². The lowest BCUT2D eigenvalue weighted by Gasteiger charge is -2.38. The van der Waals surface area contributed by atoms with E-state index in [1.807, 2.05) is 19.6 Å². The standard InChI is InChI=1S/C11H19N3/c1-11(4-3-5-11)8-12-6-10-7-13-9-14(10)2/h7,9,12H,3-6,8H2,1-2H3. The van der Waals surface area contributed by atoms with Crippen LogP contribution in [0.15, 0.2) is 12.5 Å². The van der Waals surface area contributed by atoms with Crippen LogP contribution in [0.3, 0.4) is 0 Å². The van der Waals surface area contributed by atoms with E-state index >= 15 is 0 Å². The number of aromatic nitrogens is 2. The third-order valence-corrected chi connectivity index (χ3v) is 3.34. The van der Waals surface area contributed by atoms with Crippen LogP contribution in [0.25, 0.3) is 0 Å². The van der Waals surface area contributed by atoms with Crippen LogP contribution in [0, 0.1) is 5.41 Å². The average Bonchev–Trinajstić information content (AvgIpc) is 2.49. The largest absolute Gasteiger partial charge is 0.337 e. The third kappa shape index (κ3) is 1.98. The van der Waals surface area contributed by atoms with Crippen LogP contribution in [0.1, 0.15) is 31.9 Å². The summed E-state index contributed by atoms with van der Waals surface area (Å²) in [4.78, 5) is 4.09. The van der Waals surface area contributed by atoms with Gasteiger partial charge in [-0.1, -0.05) is 13.3 Å². The SMILES string of the molecule is Cn1cncc1CNCC1(C)CCC1. The van der Waals surface area contributed by atoms with E-state index in [1.54, 1.807) is 0 Å². The molecule has 0 amide bonds. The van der Waals surface area contributed by atoms with Crippen LogP contribution in [-0.4, -0.2) is 16.1 Å². The topological polar surface area (TPSA) is 29.9 Å². The molecule has 1 saturated carbocycles. The van der Waals surface area contributed by atoms with Gasteiger partial charge in [-0.3, -0.25) is 0 Å². The maximum Gasteiger partial charge on any atom is 0.0945 e. The first kappa shape index (κ1) is 9.71. The van der Waals surface area contributed by atoms with Gasteiger partial charge in [-0.25, -0.2) is 4.98 Å². The highest BCUT2D eigenvalue weighted by Gasteiger charge is 2.30. The Morgan fingerprint density at radius 2 is 2.36 bits per heavy atom. The van der Waals surface area contributed by atoms with Gasteiger partial charge in [0, 0.05) is 26.3 Å². The van der Waals surface area contributed by atoms with E-state index in [0.29, 0.717) is 5.41 Å². The lowest BCUT2D eigenvalue weighted by molar-refractivity contribution is 0.156. The van der Waals surface area contributed by atoms with Gasteiger partial charge in [0.05, 0.1) is 12.0 Å². The maximum atomic E-state index is 4.09. The van der Waals surface area contributed by atoms with Crippen molar-refractivity contribution in [3.05, 3.63) is 18.2 Å². The average molecular weight is 193 g/mol. The zero-order valence-corrected chi connectivity index (χ0v) is 9.08. The summed E-state index contributed by atoms with van der Waals surface area (Å²) in [5.74, 6) is 0. The van der Waals surface area contributed by atoms with E-state index in [1.165, 1.54) is 25.0 Å². The fourth-order valence-electron chi connectivity index (χ4n) is 2.00. The van der Waals surface area contributed by atoms with Crippen molar-refractivity contribution >= 4 is 0 Å². The molecule has 0 saturated heterocycles. The Labute approximate surface area is 85.5 Å². The van der Waals surface area contributed by atoms with Crippen LogP contribution in [0.2, 0.25) is 0 Å². The maximum absolute atomic E-state index is 4.09. The molecular weight excluding hydrogens is 174 g/mol. The molecule has 3 nitrogen and oxygen atoms in total. The highest BCUT2D eigenvalue weighted by molar-refractivity contribution is 4.97. The molecular formula is C11H19N3. The lowest BCUT2D eigenvalue weighted by atomic mass is 9.70. The van der Waals surface area contributed by atoms with Gasteiger partial charge in [-0.15, -0.1) is 0 Å². The molecule has 1 aromatic rings. The summed E-state index contributed by atoms with van der Waals surface area (Å²) >= 11 is 0. The van der Waals surface area contributed by atoms with E-state index in [4.69, 9.17) is 0 Å². The van der Waals surface area contributed by atoms with Crippen molar-refractivity contribution in [1.29, 1.82) is 0 Å². The second-order valence-electron chi connectivity index (χ2n) is 4.76. The van der Waals surface area contributed by atoms with Gasteiger partial charge in [0.15, 0.2) is 0 Å². The van der Waals surface area contributed by atoms with Gasteiger partial charge in [-0.05, 0) is 18.3 Å². The molecule has 2 rings (SSSR count). The summed E-state index contributed by atoms with van der Waals surface area (Å²) in [6.07, 6.45) is 7.94. The Hall–Kier alpha value is -0.830. The number of hydrogen-bond donors (Lipinski definition) is 1. The van der Waals surface area contributed by atoms with Gasteiger partial charge in [0.25, 0.3) is 0 Å². The predicted octanol–water partition coefficient (Wildman–Crippen LogP) is 1.70. The second-order valence-corrected chi connectivity index (χ2v) is 4.76. The van der Waals surface area contributed by atoms with Gasteiger partial charge in [-0.2, -0.15) is 0 Å². The molecule has 1 aliphatic carbocycles. The summed E-state index contributed by atoms with van der Waals surface area (Å²) in [6.45, 7) is 4.44. The molecule has 1 heterocycles. The summed E-state index contributed by atoms with van der Waals surface area (Å²) in [5.41, 5.74) is 1.83. The van der Waals surface area contributed by atoms with E-state index in [-0.39, 0.29) is 0 Å². The van der Waals surface area contributed by atoms with Crippen LogP contribution >= 0.6 is 0 Å². The minimum Gasteiger partial charge on any atom is -0.337 e. The Morgan fingerprint density at radius 1 is 1.57 bits per heavy atom. The van der Waals surface area contributed by atoms with Crippen molar-refractivity contribution in [3.63, 3.8) is 0 Å². The molecule has 1 aliphatic rings. The number of aryl methyl sites for hydroxylation is 1. The monoisotopic (exact) mass is 193 g/mol. The number of rotatable bonds is 4. The fraction of sp³-hybridized carbons (Fsp3) is 0.727. The van der Waals surface area contributed by atoms with E-state index in [0.717, 1.165) is 13.1 Å². The first-order valence-corrected chi connectivity index (χ1v) is 5.36. The minimum absolute atomic E-state index is 0.568. The summed E-state index contributed by atoms with van der Waals surface area (Å²) in [6, 6.07) is 0. The summed E-state index contributed by atoms with van der Waals surface area (Å²) in [7, 11) is 2.04. The molecule has 0 aromatic carbocycles. The van der Waals surface area contributed by atoms with Crippen molar-refractivity contribution in [1.82, 2.24) is 14.9 Å². The second kappa shape index (κ2) is 3.73. The molecule has 1 fully saturated rings. The normalized spacial score (nSPS) is 19.3. The minimum atomic E-state index is 0.568. The molecule has 1 N–H and O–H groups in total. The van der Waals surface area contributed by atoms with E-state index < -0.39 is 0 Å². The summed E-state index contributed by atoms with van der Waals surface area (Å²) < 4.78 is 2.07. The zero-order valence-electron chi connectivity index (χ0n) is 9.08. The Bertz CT molecular complexity index is 299. The smallest absolute Gasteiger partial charge is 0.0945 e. The molecule has 1 aromatic heterocycles. The first-order valence-electron chi connectivity index (χ1n) is 5.36. The van der Waals surface area contributed by atoms with Crippen molar-refractivity contribution < 1.29 is 0 Å². The zero-order chi connectivity index (χ0) is 10.0. The van der Waals surface area contributed by atoms with Gasteiger partial charge >= 0.3 is 0 Å². The van der Waals surface area contributed by atoms with Crippen molar-refractivity contribution in [3.8, 4) is 0 Å². The number of imidazole rings is 1. The summed E-state index contributed by atoms with van der Waals surface area (Å²) in [5, 5.41) is 3.51. The Kier molecular flexibility index (Phi) is 2.59. The van der Waals surface area contributed by atoms with Crippen LogP contribution in [-0.2, 0) is 13.6 Å². The first-order chi connectivity index (χ1) is 6.70. The highest BCUT2D eigenvalue weighted by Crippen LogP contribution is 2.39. The predicted molar refractivity (Wildman–Crippen MR) is 56.9 cm³/mol. The molecule has 0 unspecified atom stereocenters. The fourth-order valence-corrected chi connectivity index (χ4v) is 2.00. The van der Waals surface area contributed by atoms with Gasteiger partial charge in [0.1, 0.15) is 0 Å². The third-order valence-electron chi connectivity index (χ3n) is 3.34. The molecule has 0 radical (unpaired) electrons. The van der Waals surface area contributed by atoms with E-state index in [9.17, 15) is 0 Å². The number of nitrogens with one attached hydrogen (secondary N) is 1. The molecule has 0 atom stereocenters. The van der Waals surface area contributed by atoms with Crippen molar-refractivity contribution in [2.75, 3.05) is 6.54 Å². The highest BCUT2D eigenvalue weighted by atomic mass is 15.0. The van der Waals surface area contributed by atoms with Gasteiger partial charge in [0.2, 0.25) is 0 Å². The molecule has 78 valence electrons. The number of hydrogen-bond acceptors (Lipinski definition) is 2. The number of nitrogens with zero attached hydrogens (tertiary/aromatic N) is 2. The van der Waals surface area contributed by atoms with Crippen LogP contribution in [0.5, 0.6) is 0 Å². The van der Waals surface area contributed by atoms with Crippen LogP contribution < -0.4 is 5.32 Å².